The molecule has 3 aromatic rings. The van der Waals surface area contributed by atoms with Gasteiger partial charge in [-0.25, -0.2) is 4.98 Å². The Morgan fingerprint density at radius 2 is 1.87 bits per heavy atom. The van der Waals surface area contributed by atoms with Gasteiger partial charge in [0.25, 0.3) is 5.91 Å². The van der Waals surface area contributed by atoms with Crippen LogP contribution in [0, 0.1) is 5.92 Å². The molecule has 1 fully saturated rings. The number of nitrogens with zero attached hydrogens (tertiary/aromatic N) is 3. The molecule has 1 saturated heterocycles. The summed E-state index contributed by atoms with van der Waals surface area (Å²) in [5.74, 6) is 0.921. The molecule has 30 heavy (non-hydrogen) atoms. The molecule has 3 heterocycles. The molecule has 0 atom stereocenters. The molecule has 0 spiro atoms. The second-order valence-electron chi connectivity index (χ2n) is 7.45. The SMILES string of the molecule is COc1ccc(NC(=O)c2cc3sc(N4CCC(C(=O)N(C)C)CC4)nc3s2)cc1. The zero-order valence-corrected chi connectivity index (χ0v) is 18.8. The molecular weight excluding hydrogens is 420 g/mol. The molecule has 9 heteroatoms. The van der Waals surface area contributed by atoms with Gasteiger partial charge in [-0.3, -0.25) is 9.59 Å². The van der Waals surface area contributed by atoms with Crippen molar-refractivity contribution in [3.8, 4) is 5.75 Å². The number of aromatic nitrogens is 1. The topological polar surface area (TPSA) is 74.8 Å². The molecule has 0 unspecified atom stereocenters. The van der Waals surface area contributed by atoms with Gasteiger partial charge in [0.15, 0.2) is 5.13 Å². The number of hydrogen-bond acceptors (Lipinski definition) is 7. The highest BCUT2D eigenvalue weighted by Crippen LogP contribution is 2.36. The van der Waals surface area contributed by atoms with Crippen LogP contribution in [0.5, 0.6) is 5.75 Å². The summed E-state index contributed by atoms with van der Waals surface area (Å²) in [6, 6.07) is 9.15. The summed E-state index contributed by atoms with van der Waals surface area (Å²) >= 11 is 3.00. The van der Waals surface area contributed by atoms with E-state index in [0.717, 1.165) is 52.0 Å². The monoisotopic (exact) mass is 444 g/mol. The number of nitrogens with one attached hydrogen (secondary N) is 1. The van der Waals surface area contributed by atoms with Crippen molar-refractivity contribution >= 4 is 54.8 Å². The van der Waals surface area contributed by atoms with Crippen molar-refractivity contribution in [2.24, 2.45) is 5.92 Å². The van der Waals surface area contributed by atoms with Gasteiger partial charge >= 0.3 is 0 Å². The van der Waals surface area contributed by atoms with Crippen LogP contribution in [0.3, 0.4) is 0 Å². The summed E-state index contributed by atoms with van der Waals surface area (Å²) in [6.45, 7) is 1.66. The van der Waals surface area contributed by atoms with E-state index in [-0.39, 0.29) is 17.7 Å². The van der Waals surface area contributed by atoms with Crippen LogP contribution in [0.25, 0.3) is 9.53 Å². The molecule has 0 saturated carbocycles. The van der Waals surface area contributed by atoms with Crippen LogP contribution in [0.4, 0.5) is 10.8 Å². The number of fused-ring (bicyclic) bond motifs is 1. The Bertz CT molecular complexity index is 1020. The number of anilines is 2. The van der Waals surface area contributed by atoms with Gasteiger partial charge in [-0.15, -0.1) is 11.3 Å². The second-order valence-corrected chi connectivity index (χ2v) is 9.49. The Morgan fingerprint density at radius 3 is 2.47 bits per heavy atom. The molecule has 1 aliphatic heterocycles. The fourth-order valence-electron chi connectivity index (χ4n) is 3.52. The van der Waals surface area contributed by atoms with Crippen LogP contribution in [0.15, 0.2) is 30.3 Å². The van der Waals surface area contributed by atoms with Crippen molar-refractivity contribution < 1.29 is 14.3 Å². The quantitative estimate of drug-likeness (QED) is 0.646. The van der Waals surface area contributed by atoms with Gasteiger partial charge in [-0.2, -0.15) is 0 Å². The first kappa shape index (κ1) is 20.6. The van der Waals surface area contributed by atoms with Gasteiger partial charge in [0.1, 0.15) is 10.6 Å². The molecule has 4 rings (SSSR count). The third kappa shape index (κ3) is 4.27. The number of hydrogen-bond donors (Lipinski definition) is 1. The Morgan fingerprint density at radius 1 is 1.17 bits per heavy atom. The number of methoxy groups -OCH3 is 1. The van der Waals surface area contributed by atoms with E-state index in [9.17, 15) is 9.59 Å². The Kier molecular flexibility index (Phi) is 5.92. The van der Waals surface area contributed by atoms with Crippen LogP contribution in [-0.2, 0) is 4.79 Å². The molecule has 158 valence electrons. The molecular formula is C21H24N4O3S2. The number of piperidine rings is 1. The van der Waals surface area contributed by atoms with E-state index in [0.29, 0.717) is 4.88 Å². The molecule has 0 bridgehead atoms. The van der Waals surface area contributed by atoms with E-state index < -0.39 is 0 Å². The van der Waals surface area contributed by atoms with E-state index in [1.54, 1.807) is 23.3 Å². The van der Waals surface area contributed by atoms with E-state index in [4.69, 9.17) is 9.72 Å². The maximum absolute atomic E-state index is 12.6. The van der Waals surface area contributed by atoms with Crippen molar-refractivity contribution in [3.05, 3.63) is 35.2 Å². The molecule has 1 aliphatic rings. The lowest BCUT2D eigenvalue weighted by atomic mass is 9.96. The number of benzene rings is 1. The van der Waals surface area contributed by atoms with Gasteiger partial charge < -0.3 is 19.9 Å². The third-order valence-electron chi connectivity index (χ3n) is 5.21. The smallest absolute Gasteiger partial charge is 0.265 e. The van der Waals surface area contributed by atoms with Gasteiger partial charge in [-0.1, -0.05) is 11.3 Å². The van der Waals surface area contributed by atoms with E-state index in [2.05, 4.69) is 10.2 Å². The van der Waals surface area contributed by atoms with Crippen molar-refractivity contribution in [2.75, 3.05) is 44.5 Å². The normalized spacial score (nSPS) is 14.7. The average Bonchev–Trinajstić information content (AvgIpc) is 3.33. The minimum Gasteiger partial charge on any atom is -0.497 e. The molecule has 7 nitrogen and oxygen atoms in total. The minimum absolute atomic E-state index is 0.102. The highest BCUT2D eigenvalue weighted by molar-refractivity contribution is 7.29. The first-order chi connectivity index (χ1) is 14.4. The Labute approximate surface area is 183 Å². The minimum atomic E-state index is -0.139. The van der Waals surface area contributed by atoms with Crippen LogP contribution >= 0.6 is 22.7 Å². The average molecular weight is 445 g/mol. The highest BCUT2D eigenvalue weighted by Gasteiger charge is 2.27. The van der Waals surface area contributed by atoms with Gasteiger partial charge in [0, 0.05) is 38.8 Å². The van der Waals surface area contributed by atoms with Crippen LogP contribution < -0.4 is 15.0 Å². The first-order valence-electron chi connectivity index (χ1n) is 9.76. The van der Waals surface area contributed by atoms with E-state index in [1.165, 1.54) is 11.3 Å². The molecule has 1 aromatic carbocycles. The lowest BCUT2D eigenvalue weighted by molar-refractivity contribution is -0.133. The van der Waals surface area contributed by atoms with Crippen LogP contribution in [-0.4, -0.2) is 56.0 Å². The predicted molar refractivity (Wildman–Crippen MR) is 122 cm³/mol. The number of ether oxygens (including phenoxy) is 1. The van der Waals surface area contributed by atoms with Crippen molar-refractivity contribution in [2.45, 2.75) is 12.8 Å². The summed E-state index contributed by atoms with van der Waals surface area (Å²) in [5.41, 5.74) is 0.723. The number of amides is 2. The molecule has 2 amide bonds. The Balaban J connectivity index is 1.40. The maximum atomic E-state index is 12.6. The lowest BCUT2D eigenvalue weighted by Crippen LogP contribution is -2.40. The van der Waals surface area contributed by atoms with Crippen LogP contribution in [0.2, 0.25) is 0 Å². The van der Waals surface area contributed by atoms with Gasteiger partial charge in [0.05, 0.1) is 16.7 Å². The number of thiazole rings is 1. The lowest BCUT2D eigenvalue weighted by Gasteiger charge is -2.32. The van der Waals surface area contributed by atoms with Crippen molar-refractivity contribution in [1.29, 1.82) is 0 Å². The van der Waals surface area contributed by atoms with E-state index in [1.807, 2.05) is 44.4 Å². The summed E-state index contributed by atoms with van der Waals surface area (Å²) in [4.78, 5) is 34.9. The van der Waals surface area contributed by atoms with E-state index >= 15 is 0 Å². The summed E-state index contributed by atoms with van der Waals surface area (Å²) in [5, 5.41) is 3.88. The fourth-order valence-corrected chi connectivity index (χ4v) is 5.68. The van der Waals surface area contributed by atoms with Gasteiger partial charge in [0.2, 0.25) is 5.91 Å². The molecule has 0 aliphatic carbocycles. The first-order valence-corrected chi connectivity index (χ1v) is 11.4. The third-order valence-corrected chi connectivity index (χ3v) is 7.43. The summed E-state index contributed by atoms with van der Waals surface area (Å²) in [6.07, 6.45) is 1.69. The number of rotatable bonds is 5. The highest BCUT2D eigenvalue weighted by atomic mass is 32.1. The van der Waals surface area contributed by atoms with Crippen LogP contribution in [0.1, 0.15) is 22.5 Å². The number of thiophene rings is 1. The van der Waals surface area contributed by atoms with Gasteiger partial charge in [-0.05, 0) is 43.2 Å². The molecule has 0 radical (unpaired) electrons. The zero-order valence-electron chi connectivity index (χ0n) is 17.2. The summed E-state index contributed by atoms with van der Waals surface area (Å²) < 4.78 is 6.15. The molecule has 1 N–H and O–H groups in total. The predicted octanol–water partition coefficient (Wildman–Crippen LogP) is 3.92. The second kappa shape index (κ2) is 8.61. The largest absolute Gasteiger partial charge is 0.497 e. The number of carbonyl (C=O) groups is 2. The molecule has 2 aromatic heterocycles. The standard InChI is InChI=1S/C21H24N4O3S2/c1-24(2)20(27)13-8-10-25(11-9-13)21-23-19-17(30-21)12-16(29-19)18(26)22-14-4-6-15(28-3)7-5-14/h4-7,12-13H,8-11H2,1-3H3,(H,22,26). The summed E-state index contributed by atoms with van der Waals surface area (Å²) in [7, 11) is 5.23. The fraction of sp³-hybridized carbons (Fsp3) is 0.381. The zero-order chi connectivity index (χ0) is 21.3. The Hall–Kier alpha value is -2.65. The number of carbonyl (C=O) groups excluding carboxylic acids is 2. The van der Waals surface area contributed by atoms with Crippen molar-refractivity contribution in [3.63, 3.8) is 0 Å². The maximum Gasteiger partial charge on any atom is 0.265 e. The van der Waals surface area contributed by atoms with Crippen molar-refractivity contribution in [1.82, 2.24) is 9.88 Å².